The van der Waals surface area contributed by atoms with Gasteiger partial charge in [0.05, 0.1) is 6.04 Å². The Morgan fingerprint density at radius 2 is 1.74 bits per heavy atom. The van der Waals surface area contributed by atoms with Crippen molar-refractivity contribution in [3.8, 4) is 22.7 Å². The predicted octanol–water partition coefficient (Wildman–Crippen LogP) is 5.02. The van der Waals surface area contributed by atoms with Crippen molar-refractivity contribution in [2.24, 2.45) is 0 Å². The summed E-state index contributed by atoms with van der Waals surface area (Å²) >= 11 is 0. The molecule has 5 rings (SSSR count). The van der Waals surface area contributed by atoms with Gasteiger partial charge in [-0.05, 0) is 62.7 Å². The molecule has 0 aliphatic carbocycles. The number of aromatic nitrogens is 3. The van der Waals surface area contributed by atoms with Crippen LogP contribution in [0.5, 0.6) is 0 Å². The minimum atomic E-state index is -1.17. The lowest BCUT2D eigenvalue weighted by atomic mass is 9.91. The Balaban J connectivity index is 1.52. The number of halogens is 1. The molecule has 2 aromatic heterocycles. The first-order valence-electron chi connectivity index (χ1n) is 11.7. The van der Waals surface area contributed by atoms with Crippen molar-refractivity contribution >= 4 is 5.95 Å². The molecule has 1 fully saturated rings. The van der Waals surface area contributed by atoms with Gasteiger partial charge in [0.15, 0.2) is 5.76 Å². The molecule has 0 bridgehead atoms. The lowest BCUT2D eigenvalue weighted by Crippen LogP contribution is -2.40. The molecule has 35 heavy (non-hydrogen) atoms. The first-order valence-corrected chi connectivity index (χ1v) is 11.7. The number of nitrogens with one attached hydrogen (secondary N) is 1. The molecular weight excluding hydrogens is 445 g/mol. The van der Waals surface area contributed by atoms with E-state index in [0.29, 0.717) is 41.5 Å². The van der Waals surface area contributed by atoms with Crippen molar-refractivity contribution < 1.29 is 13.9 Å². The normalized spacial score (nSPS) is 16.7. The summed E-state index contributed by atoms with van der Waals surface area (Å²) in [5.41, 5.74) is 1.65. The molecule has 0 spiro atoms. The molecule has 2 N–H and O–H groups in total. The SMILES string of the molecule is C[C@H](Nc1nccc(-c2oc(C3(O)CCN(C)CC3)nc2-c2ccc(F)cc2)n1)c1ccccc1. The van der Waals surface area contributed by atoms with Gasteiger partial charge >= 0.3 is 0 Å². The van der Waals surface area contributed by atoms with Crippen molar-refractivity contribution in [3.05, 3.63) is 84.1 Å². The summed E-state index contributed by atoms with van der Waals surface area (Å²) in [5, 5.41) is 14.7. The fraction of sp³-hybridized carbons (Fsp3) is 0.296. The number of oxazole rings is 1. The van der Waals surface area contributed by atoms with Crippen LogP contribution in [0.3, 0.4) is 0 Å². The average Bonchev–Trinajstić information content (AvgIpc) is 3.34. The maximum atomic E-state index is 13.6. The lowest BCUT2D eigenvalue weighted by Gasteiger charge is -2.33. The van der Waals surface area contributed by atoms with E-state index >= 15 is 0 Å². The van der Waals surface area contributed by atoms with Gasteiger partial charge in [-0.1, -0.05) is 30.3 Å². The molecule has 0 amide bonds. The summed E-state index contributed by atoms with van der Waals surface area (Å²) in [6.45, 7) is 3.51. The van der Waals surface area contributed by atoms with Crippen LogP contribution in [0.4, 0.5) is 10.3 Å². The van der Waals surface area contributed by atoms with Crippen molar-refractivity contribution in [2.75, 3.05) is 25.5 Å². The van der Waals surface area contributed by atoms with E-state index in [9.17, 15) is 9.50 Å². The third kappa shape index (κ3) is 4.94. The summed E-state index contributed by atoms with van der Waals surface area (Å²) in [7, 11) is 2.02. The Bertz CT molecular complexity index is 1280. The Hall–Kier alpha value is -3.62. The molecule has 1 aliphatic heterocycles. The third-order valence-electron chi connectivity index (χ3n) is 6.49. The first-order chi connectivity index (χ1) is 16.9. The molecular formula is C27H28FN5O2. The minimum absolute atomic E-state index is 0.00625. The average molecular weight is 474 g/mol. The van der Waals surface area contributed by atoms with Crippen LogP contribution in [-0.4, -0.2) is 45.1 Å². The first kappa shape index (κ1) is 23.1. The van der Waals surface area contributed by atoms with Crippen LogP contribution in [0.1, 0.15) is 37.3 Å². The lowest BCUT2D eigenvalue weighted by molar-refractivity contribution is -0.0410. The number of rotatable bonds is 6. The molecule has 4 aromatic rings. The van der Waals surface area contributed by atoms with Gasteiger partial charge in [-0.3, -0.25) is 0 Å². The number of aliphatic hydroxyl groups is 1. The number of nitrogens with zero attached hydrogens (tertiary/aromatic N) is 4. The molecule has 0 radical (unpaired) electrons. The molecule has 1 aliphatic rings. The van der Waals surface area contributed by atoms with E-state index in [2.05, 4.69) is 20.2 Å². The molecule has 1 saturated heterocycles. The fourth-order valence-electron chi connectivity index (χ4n) is 4.27. The highest BCUT2D eigenvalue weighted by molar-refractivity contribution is 5.75. The Morgan fingerprint density at radius 1 is 1.03 bits per heavy atom. The molecule has 3 heterocycles. The molecule has 2 aromatic carbocycles. The van der Waals surface area contributed by atoms with E-state index in [1.807, 2.05) is 44.3 Å². The molecule has 0 unspecified atom stereocenters. The zero-order valence-corrected chi connectivity index (χ0v) is 19.8. The third-order valence-corrected chi connectivity index (χ3v) is 6.49. The highest BCUT2D eigenvalue weighted by Gasteiger charge is 2.39. The Morgan fingerprint density at radius 3 is 2.46 bits per heavy atom. The van der Waals surface area contributed by atoms with Gasteiger partial charge in [-0.15, -0.1) is 0 Å². The molecule has 7 nitrogen and oxygen atoms in total. The predicted molar refractivity (Wildman–Crippen MR) is 132 cm³/mol. The van der Waals surface area contributed by atoms with E-state index in [1.165, 1.54) is 12.1 Å². The second kappa shape index (κ2) is 9.56. The van der Waals surface area contributed by atoms with Crippen LogP contribution in [0.25, 0.3) is 22.7 Å². The summed E-state index contributed by atoms with van der Waals surface area (Å²) in [6, 6.07) is 17.8. The minimum Gasteiger partial charge on any atom is -0.435 e. The van der Waals surface area contributed by atoms with Crippen molar-refractivity contribution in [2.45, 2.75) is 31.4 Å². The molecule has 1 atom stereocenters. The second-order valence-electron chi connectivity index (χ2n) is 9.08. The fourth-order valence-corrected chi connectivity index (χ4v) is 4.27. The molecule has 180 valence electrons. The van der Waals surface area contributed by atoms with Crippen molar-refractivity contribution in [1.82, 2.24) is 19.9 Å². The van der Waals surface area contributed by atoms with Crippen LogP contribution in [-0.2, 0) is 5.60 Å². The number of anilines is 1. The zero-order valence-electron chi connectivity index (χ0n) is 19.8. The largest absolute Gasteiger partial charge is 0.435 e. The summed E-state index contributed by atoms with van der Waals surface area (Å²) in [4.78, 5) is 15.9. The van der Waals surface area contributed by atoms with Gasteiger partial charge in [0, 0.05) is 24.8 Å². The van der Waals surface area contributed by atoms with E-state index in [1.54, 1.807) is 24.4 Å². The van der Waals surface area contributed by atoms with Crippen LogP contribution in [0.15, 0.2) is 71.3 Å². The topological polar surface area (TPSA) is 87.3 Å². The van der Waals surface area contributed by atoms with Gasteiger partial charge < -0.3 is 19.7 Å². The second-order valence-corrected chi connectivity index (χ2v) is 9.08. The molecule has 0 saturated carbocycles. The van der Waals surface area contributed by atoms with Crippen LogP contribution in [0, 0.1) is 5.82 Å². The standard InChI is InChI=1S/C27H28FN5O2/c1-18(19-6-4-3-5-7-19)30-26-29-15-12-22(31-26)24-23(20-8-10-21(28)11-9-20)32-25(35-24)27(34)13-16-33(2)17-14-27/h3-12,15,18,34H,13-14,16-17H2,1-2H3,(H,29,30,31)/t18-/m0/s1. The smallest absolute Gasteiger partial charge is 0.227 e. The highest BCUT2D eigenvalue weighted by Crippen LogP contribution is 2.39. The zero-order chi connectivity index (χ0) is 24.4. The maximum absolute atomic E-state index is 13.6. The quantitative estimate of drug-likeness (QED) is 0.406. The van der Waals surface area contributed by atoms with Crippen LogP contribution < -0.4 is 5.32 Å². The Labute approximate surface area is 203 Å². The Kier molecular flexibility index (Phi) is 6.32. The van der Waals surface area contributed by atoms with Gasteiger partial charge in [-0.25, -0.2) is 19.3 Å². The van der Waals surface area contributed by atoms with E-state index in [0.717, 1.165) is 18.7 Å². The van der Waals surface area contributed by atoms with Crippen molar-refractivity contribution in [1.29, 1.82) is 0 Å². The number of hydrogen-bond donors (Lipinski definition) is 2. The van der Waals surface area contributed by atoms with Gasteiger partial charge in [0.2, 0.25) is 11.8 Å². The number of benzene rings is 2. The number of hydrogen-bond acceptors (Lipinski definition) is 7. The number of likely N-dealkylation sites (tertiary alicyclic amines) is 1. The maximum Gasteiger partial charge on any atom is 0.227 e. The monoisotopic (exact) mass is 473 g/mol. The van der Waals surface area contributed by atoms with E-state index < -0.39 is 5.60 Å². The van der Waals surface area contributed by atoms with E-state index in [4.69, 9.17) is 9.40 Å². The van der Waals surface area contributed by atoms with E-state index in [-0.39, 0.29) is 17.7 Å². The van der Waals surface area contributed by atoms with Gasteiger partial charge in [0.1, 0.15) is 22.8 Å². The number of piperidine rings is 1. The summed E-state index contributed by atoms with van der Waals surface area (Å²) in [5.74, 6) is 0.777. The summed E-state index contributed by atoms with van der Waals surface area (Å²) in [6.07, 6.45) is 2.68. The highest BCUT2D eigenvalue weighted by atomic mass is 19.1. The van der Waals surface area contributed by atoms with Gasteiger partial charge in [-0.2, -0.15) is 0 Å². The van der Waals surface area contributed by atoms with Crippen molar-refractivity contribution in [3.63, 3.8) is 0 Å². The van der Waals surface area contributed by atoms with Crippen LogP contribution >= 0.6 is 0 Å². The van der Waals surface area contributed by atoms with Crippen LogP contribution in [0.2, 0.25) is 0 Å². The summed E-state index contributed by atoms with van der Waals surface area (Å²) < 4.78 is 19.8. The van der Waals surface area contributed by atoms with Gasteiger partial charge in [0.25, 0.3) is 0 Å². The molecule has 8 heteroatoms.